The molecule has 0 saturated carbocycles. The summed E-state index contributed by atoms with van der Waals surface area (Å²) < 4.78 is 0. The number of hydrogen-bond acceptors (Lipinski definition) is 6. The van der Waals surface area contributed by atoms with Gasteiger partial charge < -0.3 is 15.1 Å². The zero-order chi connectivity index (χ0) is 19.4. The van der Waals surface area contributed by atoms with Crippen LogP contribution in [0.25, 0.3) is 0 Å². The highest BCUT2D eigenvalue weighted by molar-refractivity contribution is 6.03. The van der Waals surface area contributed by atoms with Crippen LogP contribution in [-0.2, 0) is 4.79 Å². The predicted molar refractivity (Wildman–Crippen MR) is 101 cm³/mol. The molecule has 0 bridgehead atoms. The number of carbonyl (C=O) groups excluding carboxylic acids is 3. The van der Waals surface area contributed by atoms with Gasteiger partial charge in [-0.3, -0.25) is 14.4 Å². The number of aromatic nitrogens is 2. The first-order chi connectivity index (χ1) is 12.9. The van der Waals surface area contributed by atoms with E-state index in [1.54, 1.807) is 48.2 Å². The smallest absolute Gasteiger partial charge is 0.276 e. The third-order valence-corrected chi connectivity index (χ3v) is 4.46. The van der Waals surface area contributed by atoms with Crippen molar-refractivity contribution in [3.8, 4) is 0 Å². The largest absolute Gasteiger partial charge is 0.352 e. The molecule has 1 fully saturated rings. The number of nitrogens with one attached hydrogen (secondary N) is 1. The molecule has 140 valence electrons. The van der Waals surface area contributed by atoms with Crippen molar-refractivity contribution in [3.05, 3.63) is 47.7 Å². The number of amides is 2. The number of rotatable bonds is 4. The fourth-order valence-electron chi connectivity index (χ4n) is 2.88. The van der Waals surface area contributed by atoms with E-state index < -0.39 is 5.91 Å². The molecule has 1 N–H and O–H groups in total. The molecule has 0 unspecified atom stereocenters. The zero-order valence-corrected chi connectivity index (χ0v) is 15.3. The Morgan fingerprint density at radius 1 is 0.963 bits per heavy atom. The monoisotopic (exact) mass is 367 g/mol. The minimum absolute atomic E-state index is 0.0693. The Morgan fingerprint density at radius 2 is 1.70 bits per heavy atom. The van der Waals surface area contributed by atoms with Crippen molar-refractivity contribution in [1.82, 2.24) is 15.1 Å². The van der Waals surface area contributed by atoms with Crippen LogP contribution < -0.4 is 10.2 Å². The normalized spacial score (nSPS) is 14.0. The second-order valence-corrected chi connectivity index (χ2v) is 6.36. The van der Waals surface area contributed by atoms with E-state index in [9.17, 15) is 14.4 Å². The highest BCUT2D eigenvalue weighted by Gasteiger charge is 2.20. The number of carbonyl (C=O) groups is 3. The fourth-order valence-corrected chi connectivity index (χ4v) is 2.88. The van der Waals surface area contributed by atoms with Gasteiger partial charge in [0.1, 0.15) is 0 Å². The summed E-state index contributed by atoms with van der Waals surface area (Å²) in [6, 6.07) is 10.1. The van der Waals surface area contributed by atoms with Gasteiger partial charge in [-0.05, 0) is 31.2 Å². The molecule has 1 aliphatic rings. The van der Waals surface area contributed by atoms with Gasteiger partial charge in [0.05, 0.1) is 0 Å². The molecule has 0 spiro atoms. The van der Waals surface area contributed by atoms with E-state index in [1.807, 2.05) is 4.90 Å². The van der Waals surface area contributed by atoms with Crippen molar-refractivity contribution >= 4 is 29.1 Å². The lowest BCUT2D eigenvalue weighted by Gasteiger charge is -2.34. The molecule has 1 saturated heterocycles. The first-order valence-electron chi connectivity index (χ1n) is 8.70. The van der Waals surface area contributed by atoms with Crippen molar-refractivity contribution in [2.24, 2.45) is 0 Å². The van der Waals surface area contributed by atoms with Crippen molar-refractivity contribution in [3.63, 3.8) is 0 Å². The summed E-state index contributed by atoms with van der Waals surface area (Å²) in [5.74, 6) is 0.284. The van der Waals surface area contributed by atoms with E-state index in [1.165, 1.54) is 6.92 Å². The van der Waals surface area contributed by atoms with Gasteiger partial charge in [-0.15, -0.1) is 10.2 Å². The number of Topliss-reactive ketones (excluding diaryl/α,β-unsaturated/α-hetero) is 1. The topological polar surface area (TPSA) is 95.5 Å². The summed E-state index contributed by atoms with van der Waals surface area (Å²) in [5, 5.41) is 10.9. The van der Waals surface area contributed by atoms with Gasteiger partial charge in [-0.1, -0.05) is 12.1 Å². The van der Waals surface area contributed by atoms with Crippen LogP contribution in [0.15, 0.2) is 36.4 Å². The van der Waals surface area contributed by atoms with Gasteiger partial charge in [0.15, 0.2) is 17.3 Å². The summed E-state index contributed by atoms with van der Waals surface area (Å²) in [5.41, 5.74) is 1.24. The highest BCUT2D eigenvalue weighted by atomic mass is 16.2. The molecule has 1 aromatic heterocycles. The molecule has 27 heavy (non-hydrogen) atoms. The number of ketones is 1. The standard InChI is InChI=1S/C19H21N5O3/c1-13(25)15-4-3-5-16(12-15)20-19(27)17-6-7-18(22-21-17)24-10-8-23(9-11-24)14(2)26/h3-7,12H,8-11H2,1-2H3,(H,20,27). The highest BCUT2D eigenvalue weighted by Crippen LogP contribution is 2.15. The lowest BCUT2D eigenvalue weighted by atomic mass is 10.1. The molecule has 8 heteroatoms. The van der Waals surface area contributed by atoms with Crippen LogP contribution in [0.1, 0.15) is 34.7 Å². The van der Waals surface area contributed by atoms with E-state index >= 15 is 0 Å². The molecule has 8 nitrogen and oxygen atoms in total. The van der Waals surface area contributed by atoms with Gasteiger partial charge >= 0.3 is 0 Å². The van der Waals surface area contributed by atoms with E-state index in [0.717, 1.165) is 0 Å². The van der Waals surface area contributed by atoms with Gasteiger partial charge in [0, 0.05) is 44.4 Å². The maximum Gasteiger partial charge on any atom is 0.276 e. The summed E-state index contributed by atoms with van der Waals surface area (Å²) in [4.78, 5) is 39.0. The Bertz CT molecular complexity index is 858. The van der Waals surface area contributed by atoms with Crippen molar-refractivity contribution in [1.29, 1.82) is 0 Å². The van der Waals surface area contributed by atoms with Crippen LogP contribution in [0.5, 0.6) is 0 Å². The van der Waals surface area contributed by atoms with Crippen molar-refractivity contribution in [2.75, 3.05) is 36.4 Å². The first-order valence-corrected chi connectivity index (χ1v) is 8.70. The molecule has 1 aromatic carbocycles. The number of anilines is 2. The molecule has 2 heterocycles. The maximum atomic E-state index is 12.3. The zero-order valence-electron chi connectivity index (χ0n) is 15.3. The molecular formula is C19H21N5O3. The summed E-state index contributed by atoms with van der Waals surface area (Å²) in [6.07, 6.45) is 0. The van der Waals surface area contributed by atoms with Gasteiger partial charge in [0.2, 0.25) is 5.91 Å². The van der Waals surface area contributed by atoms with Crippen LogP contribution in [-0.4, -0.2) is 58.9 Å². The Morgan fingerprint density at radius 3 is 2.30 bits per heavy atom. The van der Waals surface area contributed by atoms with Crippen LogP contribution in [0.3, 0.4) is 0 Å². The number of nitrogens with zero attached hydrogens (tertiary/aromatic N) is 4. The second-order valence-electron chi connectivity index (χ2n) is 6.36. The lowest BCUT2D eigenvalue weighted by Crippen LogP contribution is -2.48. The van der Waals surface area contributed by atoms with Crippen LogP contribution in [0.2, 0.25) is 0 Å². The molecule has 0 radical (unpaired) electrons. The van der Waals surface area contributed by atoms with Crippen molar-refractivity contribution < 1.29 is 14.4 Å². The first kappa shape index (κ1) is 18.5. The minimum atomic E-state index is -0.392. The molecule has 0 aliphatic carbocycles. The Balaban J connectivity index is 1.63. The molecule has 1 aliphatic heterocycles. The summed E-state index contributed by atoms with van der Waals surface area (Å²) >= 11 is 0. The molecule has 2 aromatic rings. The predicted octanol–water partition coefficient (Wildman–Crippen LogP) is 1.60. The number of hydrogen-bond donors (Lipinski definition) is 1. The molecule has 2 amide bonds. The van der Waals surface area contributed by atoms with Gasteiger partial charge in [-0.2, -0.15) is 0 Å². The van der Waals surface area contributed by atoms with E-state index in [2.05, 4.69) is 15.5 Å². The average Bonchev–Trinajstić information content (AvgIpc) is 2.68. The SMILES string of the molecule is CC(=O)c1cccc(NC(=O)c2ccc(N3CCN(C(C)=O)CC3)nn2)c1. The molecule has 3 rings (SSSR count). The quantitative estimate of drug-likeness (QED) is 0.825. The average molecular weight is 367 g/mol. The number of piperazine rings is 1. The fraction of sp³-hybridized carbons (Fsp3) is 0.316. The minimum Gasteiger partial charge on any atom is -0.352 e. The third-order valence-electron chi connectivity index (χ3n) is 4.46. The Hall–Kier alpha value is -3.29. The van der Waals surface area contributed by atoms with Gasteiger partial charge in [-0.25, -0.2) is 0 Å². The van der Waals surface area contributed by atoms with Crippen LogP contribution >= 0.6 is 0 Å². The lowest BCUT2D eigenvalue weighted by molar-refractivity contribution is -0.129. The van der Waals surface area contributed by atoms with E-state index in [-0.39, 0.29) is 17.4 Å². The van der Waals surface area contributed by atoms with Crippen molar-refractivity contribution in [2.45, 2.75) is 13.8 Å². The third kappa shape index (κ3) is 4.46. The Labute approximate surface area is 157 Å². The molecule has 0 atom stereocenters. The summed E-state index contributed by atoms with van der Waals surface area (Å²) in [7, 11) is 0. The summed E-state index contributed by atoms with van der Waals surface area (Å²) in [6.45, 7) is 5.68. The van der Waals surface area contributed by atoms with E-state index in [0.29, 0.717) is 43.2 Å². The Kier molecular flexibility index (Phi) is 5.44. The van der Waals surface area contributed by atoms with Crippen LogP contribution in [0, 0.1) is 0 Å². The number of benzene rings is 1. The van der Waals surface area contributed by atoms with E-state index in [4.69, 9.17) is 0 Å². The second kappa shape index (κ2) is 7.94. The molecular weight excluding hydrogens is 346 g/mol. The maximum absolute atomic E-state index is 12.3. The van der Waals surface area contributed by atoms with Gasteiger partial charge in [0.25, 0.3) is 5.91 Å². The van der Waals surface area contributed by atoms with Crippen LogP contribution in [0.4, 0.5) is 11.5 Å².